The van der Waals surface area contributed by atoms with Crippen molar-refractivity contribution in [1.82, 2.24) is 15.5 Å². The molecule has 0 spiro atoms. The van der Waals surface area contributed by atoms with E-state index < -0.39 is 6.04 Å². The van der Waals surface area contributed by atoms with Gasteiger partial charge >= 0.3 is 6.03 Å². The summed E-state index contributed by atoms with van der Waals surface area (Å²) in [6.07, 6.45) is 4.62. The highest BCUT2D eigenvalue weighted by Crippen LogP contribution is 2.24. The molecule has 1 heterocycles. The van der Waals surface area contributed by atoms with Gasteiger partial charge in [-0.3, -0.25) is 4.79 Å². The Morgan fingerprint density at radius 1 is 1.12 bits per heavy atom. The van der Waals surface area contributed by atoms with Crippen LogP contribution in [0.25, 0.3) is 0 Å². The fourth-order valence-corrected chi connectivity index (χ4v) is 3.40. The Hall–Kier alpha value is -2.24. The Labute approximate surface area is 142 Å². The molecule has 1 aromatic carbocycles. The molecule has 6 nitrogen and oxygen atoms in total. The van der Waals surface area contributed by atoms with Crippen molar-refractivity contribution in [2.75, 3.05) is 13.6 Å². The molecule has 0 bridgehead atoms. The normalized spacial score (nSPS) is 27.0. The number of carbonyl (C=O) groups is 2. The zero-order valence-corrected chi connectivity index (χ0v) is 14.0. The van der Waals surface area contributed by atoms with Crippen LogP contribution in [0, 0.1) is 0 Å². The van der Waals surface area contributed by atoms with E-state index in [1.807, 2.05) is 30.3 Å². The Bertz CT molecular complexity index is 578. The van der Waals surface area contributed by atoms with Crippen LogP contribution in [0.15, 0.2) is 30.3 Å². The predicted octanol–water partition coefficient (Wildman–Crippen LogP) is 1.91. The first-order chi connectivity index (χ1) is 11.6. The molecular formula is C18H25N3O3. The number of benzene rings is 1. The SMILES string of the molecule is CN1CC[C@H](NC(=O)N[C@H]2CCCC[C@H]2Oc2ccccc2)C1=O. The monoisotopic (exact) mass is 331 g/mol. The minimum absolute atomic E-state index is 0.0223. The third-order valence-electron chi connectivity index (χ3n) is 4.78. The van der Waals surface area contributed by atoms with Crippen LogP contribution >= 0.6 is 0 Å². The van der Waals surface area contributed by atoms with Gasteiger partial charge in [0.05, 0.1) is 6.04 Å². The number of hydrogen-bond donors (Lipinski definition) is 2. The van der Waals surface area contributed by atoms with Gasteiger partial charge in [-0.2, -0.15) is 0 Å². The summed E-state index contributed by atoms with van der Waals surface area (Å²) < 4.78 is 6.06. The van der Waals surface area contributed by atoms with E-state index in [2.05, 4.69) is 10.6 Å². The molecule has 0 radical (unpaired) electrons. The first-order valence-electron chi connectivity index (χ1n) is 8.67. The summed E-state index contributed by atoms with van der Waals surface area (Å²) in [5.41, 5.74) is 0. The second-order valence-electron chi connectivity index (χ2n) is 6.58. The molecule has 3 rings (SSSR count). The van der Waals surface area contributed by atoms with Gasteiger partial charge in [-0.15, -0.1) is 0 Å². The number of amides is 3. The minimum atomic E-state index is -0.410. The van der Waals surface area contributed by atoms with Gasteiger partial charge in [0.15, 0.2) is 0 Å². The van der Waals surface area contributed by atoms with Crippen LogP contribution in [0.2, 0.25) is 0 Å². The molecular weight excluding hydrogens is 306 g/mol. The molecule has 1 aliphatic carbocycles. The molecule has 0 unspecified atom stereocenters. The maximum absolute atomic E-state index is 12.3. The van der Waals surface area contributed by atoms with Gasteiger partial charge in [0.25, 0.3) is 0 Å². The zero-order chi connectivity index (χ0) is 16.9. The second-order valence-corrected chi connectivity index (χ2v) is 6.58. The van der Waals surface area contributed by atoms with E-state index in [1.54, 1.807) is 11.9 Å². The lowest BCUT2D eigenvalue weighted by Crippen LogP contribution is -2.53. The van der Waals surface area contributed by atoms with Crippen LogP contribution in [-0.2, 0) is 4.79 Å². The number of rotatable bonds is 4. The number of urea groups is 1. The van der Waals surface area contributed by atoms with Crippen molar-refractivity contribution < 1.29 is 14.3 Å². The van der Waals surface area contributed by atoms with Crippen molar-refractivity contribution in [2.24, 2.45) is 0 Å². The summed E-state index contributed by atoms with van der Waals surface area (Å²) >= 11 is 0. The van der Waals surface area contributed by atoms with Crippen molar-refractivity contribution in [1.29, 1.82) is 0 Å². The fourth-order valence-electron chi connectivity index (χ4n) is 3.40. The third-order valence-corrected chi connectivity index (χ3v) is 4.78. The number of nitrogens with zero attached hydrogens (tertiary/aromatic N) is 1. The molecule has 1 saturated carbocycles. The molecule has 6 heteroatoms. The molecule has 0 aromatic heterocycles. The largest absolute Gasteiger partial charge is 0.488 e. The highest BCUT2D eigenvalue weighted by Gasteiger charge is 2.32. The molecule has 130 valence electrons. The van der Waals surface area contributed by atoms with E-state index in [9.17, 15) is 9.59 Å². The van der Waals surface area contributed by atoms with E-state index in [1.165, 1.54) is 0 Å². The number of nitrogens with one attached hydrogen (secondary N) is 2. The fraction of sp³-hybridized carbons (Fsp3) is 0.556. The van der Waals surface area contributed by atoms with Gasteiger partial charge in [-0.25, -0.2) is 4.79 Å². The van der Waals surface area contributed by atoms with Crippen LogP contribution in [0.5, 0.6) is 5.75 Å². The van der Waals surface area contributed by atoms with Crippen LogP contribution in [0.3, 0.4) is 0 Å². The number of likely N-dealkylation sites (tertiary alicyclic amines) is 1. The van der Waals surface area contributed by atoms with E-state index in [4.69, 9.17) is 4.74 Å². The summed E-state index contributed by atoms with van der Waals surface area (Å²) in [4.78, 5) is 25.8. The number of ether oxygens (including phenoxy) is 1. The van der Waals surface area contributed by atoms with Gasteiger partial charge in [-0.05, 0) is 37.8 Å². The number of likely N-dealkylation sites (N-methyl/N-ethyl adjacent to an activating group) is 1. The van der Waals surface area contributed by atoms with E-state index >= 15 is 0 Å². The van der Waals surface area contributed by atoms with Gasteiger partial charge < -0.3 is 20.3 Å². The maximum Gasteiger partial charge on any atom is 0.315 e. The Morgan fingerprint density at radius 3 is 2.58 bits per heavy atom. The standard InChI is InChI=1S/C18H25N3O3/c1-21-12-11-15(17(21)22)20-18(23)19-14-9-5-6-10-16(14)24-13-7-3-2-4-8-13/h2-4,7-8,14-16H,5-6,9-12H2,1H3,(H2,19,20,23)/t14-,15-,16+/m0/s1. The van der Waals surface area contributed by atoms with Gasteiger partial charge in [0.2, 0.25) is 5.91 Å². The van der Waals surface area contributed by atoms with E-state index in [0.717, 1.165) is 31.4 Å². The Balaban J connectivity index is 1.55. The molecule has 3 atom stereocenters. The highest BCUT2D eigenvalue weighted by molar-refractivity contribution is 5.88. The van der Waals surface area contributed by atoms with Crippen molar-refractivity contribution in [2.45, 2.75) is 50.3 Å². The van der Waals surface area contributed by atoms with Crippen LogP contribution in [0.1, 0.15) is 32.1 Å². The van der Waals surface area contributed by atoms with Crippen molar-refractivity contribution >= 4 is 11.9 Å². The Kier molecular flexibility index (Phi) is 5.23. The molecule has 1 aliphatic heterocycles. The van der Waals surface area contributed by atoms with Gasteiger partial charge in [-0.1, -0.05) is 24.6 Å². The van der Waals surface area contributed by atoms with Crippen molar-refractivity contribution in [3.8, 4) is 5.75 Å². The lowest BCUT2D eigenvalue weighted by atomic mass is 9.92. The molecule has 2 aliphatic rings. The van der Waals surface area contributed by atoms with E-state index in [-0.39, 0.29) is 24.1 Å². The second kappa shape index (κ2) is 7.55. The summed E-state index contributed by atoms with van der Waals surface area (Å²) in [6.45, 7) is 0.687. The zero-order valence-electron chi connectivity index (χ0n) is 14.0. The third kappa shape index (κ3) is 3.99. The maximum atomic E-state index is 12.3. The summed E-state index contributed by atoms with van der Waals surface area (Å²) in [7, 11) is 1.76. The first-order valence-corrected chi connectivity index (χ1v) is 8.67. The van der Waals surface area contributed by atoms with E-state index in [0.29, 0.717) is 13.0 Å². The van der Waals surface area contributed by atoms with Crippen molar-refractivity contribution in [3.63, 3.8) is 0 Å². The lowest BCUT2D eigenvalue weighted by molar-refractivity contribution is -0.128. The Morgan fingerprint density at radius 2 is 1.88 bits per heavy atom. The lowest BCUT2D eigenvalue weighted by Gasteiger charge is -2.32. The van der Waals surface area contributed by atoms with Gasteiger partial charge in [0, 0.05) is 13.6 Å². The summed E-state index contributed by atoms with van der Waals surface area (Å²) in [5.74, 6) is 0.801. The van der Waals surface area contributed by atoms with Gasteiger partial charge in [0.1, 0.15) is 17.9 Å². The van der Waals surface area contributed by atoms with Crippen LogP contribution < -0.4 is 15.4 Å². The highest BCUT2D eigenvalue weighted by atomic mass is 16.5. The molecule has 1 aromatic rings. The van der Waals surface area contributed by atoms with Crippen molar-refractivity contribution in [3.05, 3.63) is 30.3 Å². The number of carbonyl (C=O) groups excluding carboxylic acids is 2. The smallest absolute Gasteiger partial charge is 0.315 e. The average molecular weight is 331 g/mol. The average Bonchev–Trinajstić information content (AvgIpc) is 2.90. The van der Waals surface area contributed by atoms with Crippen LogP contribution in [0.4, 0.5) is 4.79 Å². The predicted molar refractivity (Wildman–Crippen MR) is 90.8 cm³/mol. The molecule has 1 saturated heterocycles. The summed E-state index contributed by atoms with van der Waals surface area (Å²) in [6, 6.07) is 8.97. The topological polar surface area (TPSA) is 70.7 Å². The first kappa shape index (κ1) is 16.6. The number of hydrogen-bond acceptors (Lipinski definition) is 3. The quantitative estimate of drug-likeness (QED) is 0.885. The van der Waals surface area contributed by atoms with Crippen LogP contribution in [-0.4, -0.2) is 48.6 Å². The number of para-hydroxylation sites is 1. The molecule has 24 heavy (non-hydrogen) atoms. The minimum Gasteiger partial charge on any atom is -0.488 e. The molecule has 2 fully saturated rings. The summed E-state index contributed by atoms with van der Waals surface area (Å²) in [5, 5.41) is 5.80. The molecule has 3 amide bonds. The molecule has 2 N–H and O–H groups in total.